The Kier molecular flexibility index (Phi) is 2.95. The number of rotatable bonds is 3. The van der Waals surface area contributed by atoms with Gasteiger partial charge in [-0.3, -0.25) is 10.1 Å². The molecule has 0 N–H and O–H groups in total. The summed E-state index contributed by atoms with van der Waals surface area (Å²) in [5.74, 6) is 0.837. The Bertz CT molecular complexity index is 778. The zero-order valence-electron chi connectivity index (χ0n) is 11.0. The van der Waals surface area contributed by atoms with Gasteiger partial charge in [-0.2, -0.15) is 0 Å². The molecule has 0 aliphatic heterocycles. The van der Waals surface area contributed by atoms with Crippen molar-refractivity contribution in [3.8, 4) is 11.4 Å². The van der Waals surface area contributed by atoms with Crippen LogP contribution in [0.4, 0.5) is 5.69 Å². The van der Waals surface area contributed by atoms with E-state index in [4.69, 9.17) is 0 Å². The number of imidazole rings is 1. The summed E-state index contributed by atoms with van der Waals surface area (Å²) in [6.45, 7) is 2.80. The van der Waals surface area contributed by atoms with Crippen LogP contribution < -0.4 is 0 Å². The SMILES string of the molecule is CCn1c(-c2ccccc2)nc2cc([N+](=O)[O-])ccc21. The highest BCUT2D eigenvalue weighted by atomic mass is 16.6. The molecule has 0 amide bonds. The Balaban J connectivity index is 2.25. The normalized spacial score (nSPS) is 10.8. The van der Waals surface area contributed by atoms with Gasteiger partial charge in [0.2, 0.25) is 0 Å². The number of hydrogen-bond donors (Lipinski definition) is 0. The van der Waals surface area contributed by atoms with Crippen LogP contribution in [0.3, 0.4) is 0 Å². The minimum atomic E-state index is -0.396. The standard InChI is InChI=1S/C15H13N3O2/c1-2-17-14-9-8-12(18(19)20)10-13(14)16-15(17)11-6-4-3-5-7-11/h3-10H,2H2,1H3. The predicted octanol–water partition coefficient (Wildman–Crippen LogP) is 3.63. The van der Waals surface area contributed by atoms with Crippen molar-refractivity contribution in [1.82, 2.24) is 9.55 Å². The van der Waals surface area contributed by atoms with E-state index in [0.717, 1.165) is 23.4 Å². The lowest BCUT2D eigenvalue weighted by Crippen LogP contribution is -1.97. The van der Waals surface area contributed by atoms with Gasteiger partial charge in [0.15, 0.2) is 0 Å². The quantitative estimate of drug-likeness (QED) is 0.537. The van der Waals surface area contributed by atoms with E-state index in [0.29, 0.717) is 5.52 Å². The highest BCUT2D eigenvalue weighted by Gasteiger charge is 2.14. The van der Waals surface area contributed by atoms with Crippen LogP contribution in [0.25, 0.3) is 22.4 Å². The summed E-state index contributed by atoms with van der Waals surface area (Å²) in [5.41, 5.74) is 2.64. The molecule has 0 atom stereocenters. The number of nitro groups is 1. The molecule has 0 radical (unpaired) electrons. The molecule has 5 heteroatoms. The van der Waals surface area contributed by atoms with Crippen molar-refractivity contribution >= 4 is 16.7 Å². The fourth-order valence-electron chi connectivity index (χ4n) is 2.36. The third-order valence-electron chi connectivity index (χ3n) is 3.29. The molecule has 0 spiro atoms. The molecule has 0 fully saturated rings. The molecule has 3 rings (SSSR count). The van der Waals surface area contributed by atoms with Crippen molar-refractivity contribution in [2.75, 3.05) is 0 Å². The molecule has 1 heterocycles. The van der Waals surface area contributed by atoms with Gasteiger partial charge in [-0.05, 0) is 13.0 Å². The Morgan fingerprint density at radius 3 is 2.60 bits per heavy atom. The van der Waals surface area contributed by atoms with Crippen molar-refractivity contribution in [1.29, 1.82) is 0 Å². The van der Waals surface area contributed by atoms with Crippen LogP contribution >= 0.6 is 0 Å². The van der Waals surface area contributed by atoms with Gasteiger partial charge >= 0.3 is 0 Å². The average Bonchev–Trinajstić information content (AvgIpc) is 2.85. The third kappa shape index (κ3) is 1.93. The van der Waals surface area contributed by atoms with Gasteiger partial charge in [0.05, 0.1) is 16.0 Å². The summed E-state index contributed by atoms with van der Waals surface area (Å²) in [6.07, 6.45) is 0. The van der Waals surface area contributed by atoms with E-state index in [9.17, 15) is 10.1 Å². The van der Waals surface area contributed by atoms with Crippen molar-refractivity contribution in [2.45, 2.75) is 13.5 Å². The summed E-state index contributed by atoms with van der Waals surface area (Å²) in [5, 5.41) is 10.8. The second-order valence-electron chi connectivity index (χ2n) is 4.48. The molecule has 3 aromatic rings. The van der Waals surface area contributed by atoms with Crippen molar-refractivity contribution in [3.05, 3.63) is 58.6 Å². The van der Waals surface area contributed by atoms with Crippen LogP contribution in [0, 0.1) is 10.1 Å². The average molecular weight is 267 g/mol. The van der Waals surface area contributed by atoms with Crippen LogP contribution in [-0.2, 0) is 6.54 Å². The molecule has 1 aromatic heterocycles. The smallest absolute Gasteiger partial charge is 0.271 e. The number of hydrogen-bond acceptors (Lipinski definition) is 3. The number of nitrogens with zero attached hydrogens (tertiary/aromatic N) is 3. The number of benzene rings is 2. The largest absolute Gasteiger partial charge is 0.324 e. The lowest BCUT2D eigenvalue weighted by atomic mass is 10.2. The summed E-state index contributed by atoms with van der Waals surface area (Å²) in [7, 11) is 0. The minimum absolute atomic E-state index is 0.0675. The molecular weight excluding hydrogens is 254 g/mol. The number of nitro benzene ring substituents is 1. The van der Waals surface area contributed by atoms with Gasteiger partial charge in [-0.25, -0.2) is 4.98 Å². The maximum absolute atomic E-state index is 10.8. The molecule has 0 bridgehead atoms. The van der Waals surface area contributed by atoms with Crippen LogP contribution in [0.15, 0.2) is 48.5 Å². The maximum atomic E-state index is 10.8. The molecule has 100 valence electrons. The van der Waals surface area contributed by atoms with Crippen molar-refractivity contribution in [2.24, 2.45) is 0 Å². The molecule has 0 unspecified atom stereocenters. The van der Waals surface area contributed by atoms with Gasteiger partial charge < -0.3 is 4.57 Å². The fourth-order valence-corrected chi connectivity index (χ4v) is 2.36. The first-order valence-corrected chi connectivity index (χ1v) is 6.41. The van der Waals surface area contributed by atoms with E-state index in [1.807, 2.05) is 37.3 Å². The highest BCUT2D eigenvalue weighted by molar-refractivity contribution is 5.82. The lowest BCUT2D eigenvalue weighted by molar-refractivity contribution is -0.384. The van der Waals surface area contributed by atoms with Crippen LogP contribution in [0.5, 0.6) is 0 Å². The van der Waals surface area contributed by atoms with E-state index in [1.54, 1.807) is 6.07 Å². The molecule has 0 saturated carbocycles. The van der Waals surface area contributed by atoms with Gasteiger partial charge in [-0.1, -0.05) is 30.3 Å². The number of non-ortho nitro benzene ring substituents is 1. The van der Waals surface area contributed by atoms with E-state index < -0.39 is 4.92 Å². The minimum Gasteiger partial charge on any atom is -0.324 e. The van der Waals surface area contributed by atoms with Crippen molar-refractivity contribution in [3.63, 3.8) is 0 Å². The monoisotopic (exact) mass is 267 g/mol. The van der Waals surface area contributed by atoms with E-state index in [2.05, 4.69) is 9.55 Å². The second kappa shape index (κ2) is 4.77. The zero-order chi connectivity index (χ0) is 14.1. The molecule has 0 saturated heterocycles. The third-order valence-corrected chi connectivity index (χ3v) is 3.29. The van der Waals surface area contributed by atoms with Crippen LogP contribution in [0.1, 0.15) is 6.92 Å². The van der Waals surface area contributed by atoms with E-state index in [1.165, 1.54) is 12.1 Å². The molecule has 0 aliphatic carbocycles. The summed E-state index contributed by atoms with van der Waals surface area (Å²) < 4.78 is 2.06. The molecule has 2 aromatic carbocycles. The van der Waals surface area contributed by atoms with Crippen molar-refractivity contribution < 1.29 is 4.92 Å². The highest BCUT2D eigenvalue weighted by Crippen LogP contribution is 2.27. The molecular formula is C15H13N3O2. The number of aromatic nitrogens is 2. The van der Waals surface area contributed by atoms with Gasteiger partial charge in [0.1, 0.15) is 5.82 Å². The second-order valence-corrected chi connectivity index (χ2v) is 4.48. The molecule has 5 nitrogen and oxygen atoms in total. The van der Waals surface area contributed by atoms with Gasteiger partial charge in [0.25, 0.3) is 5.69 Å². The fraction of sp³-hybridized carbons (Fsp3) is 0.133. The number of aryl methyl sites for hydroxylation is 1. The van der Waals surface area contributed by atoms with Gasteiger partial charge in [-0.15, -0.1) is 0 Å². The van der Waals surface area contributed by atoms with Gasteiger partial charge in [0, 0.05) is 24.2 Å². The Morgan fingerprint density at radius 2 is 1.95 bits per heavy atom. The Labute approximate surface area is 115 Å². The molecule has 0 aliphatic rings. The Hall–Kier alpha value is -2.69. The van der Waals surface area contributed by atoms with E-state index in [-0.39, 0.29) is 5.69 Å². The summed E-state index contributed by atoms with van der Waals surface area (Å²) in [4.78, 5) is 15.0. The van der Waals surface area contributed by atoms with Crippen LogP contribution in [0.2, 0.25) is 0 Å². The first-order valence-electron chi connectivity index (χ1n) is 6.41. The first kappa shape index (κ1) is 12.3. The number of fused-ring (bicyclic) bond motifs is 1. The van der Waals surface area contributed by atoms with Crippen LogP contribution in [-0.4, -0.2) is 14.5 Å². The maximum Gasteiger partial charge on any atom is 0.271 e. The predicted molar refractivity (Wildman–Crippen MR) is 77.5 cm³/mol. The lowest BCUT2D eigenvalue weighted by Gasteiger charge is -2.05. The Morgan fingerprint density at radius 1 is 1.20 bits per heavy atom. The summed E-state index contributed by atoms with van der Waals surface area (Å²) >= 11 is 0. The van der Waals surface area contributed by atoms with E-state index >= 15 is 0 Å². The summed E-state index contributed by atoms with van der Waals surface area (Å²) in [6, 6.07) is 14.6. The zero-order valence-corrected chi connectivity index (χ0v) is 11.0. The molecule has 20 heavy (non-hydrogen) atoms. The first-order chi connectivity index (χ1) is 9.70. The topological polar surface area (TPSA) is 61.0 Å².